The number of carboxylic acid groups (broad SMARTS) is 2. The summed E-state index contributed by atoms with van der Waals surface area (Å²) in [6.45, 7) is 0. The van der Waals surface area contributed by atoms with E-state index in [1.807, 2.05) is 0 Å². The van der Waals surface area contributed by atoms with Gasteiger partial charge in [-0.05, 0) is 24.3 Å². The number of hydrogen-bond donors (Lipinski definition) is 2. The second kappa shape index (κ2) is 9.65. The first-order chi connectivity index (χ1) is 11.7. The highest BCUT2D eigenvalue weighted by atomic mass is 127. The Balaban J connectivity index is 0.000000251. The average Bonchev–Trinajstić information content (AvgIpc) is 2.54. The second-order valence-electron chi connectivity index (χ2n) is 4.14. The van der Waals surface area contributed by atoms with E-state index in [4.69, 9.17) is 10.2 Å². The van der Waals surface area contributed by atoms with Crippen molar-refractivity contribution < 1.29 is 39.1 Å². The number of carboxylic acids is 2. The monoisotopic (exact) mass is 582 g/mol. The van der Waals surface area contributed by atoms with E-state index < -0.39 is 80.9 Å². The Kier molecular flexibility index (Phi) is 8.21. The van der Waals surface area contributed by atoms with Gasteiger partial charge in [0.05, 0.1) is 18.3 Å². The van der Waals surface area contributed by atoms with E-state index in [1.54, 1.807) is 0 Å². The van der Waals surface area contributed by atoms with Gasteiger partial charge in [0.15, 0.2) is 42.4 Å². The molecule has 134 valence electrons. The number of hydrogen-bond acceptors (Lipinski definition) is 4. The van der Waals surface area contributed by atoms with E-state index in [0.717, 1.165) is 12.1 Å². The first-order valence-electron chi connectivity index (χ1n) is 6.00. The molecular weight excluding hydrogens is 575 g/mol. The van der Waals surface area contributed by atoms with Gasteiger partial charge in [-0.1, -0.05) is 0 Å². The lowest BCUT2D eigenvalue weighted by Crippen LogP contribution is -2.03. The molecule has 0 spiro atoms. The lowest BCUT2D eigenvalue weighted by atomic mass is 10.2. The molecule has 2 aromatic carbocycles. The summed E-state index contributed by atoms with van der Waals surface area (Å²) in [6, 6.07) is 4.37. The molecule has 0 aliphatic rings. The summed E-state index contributed by atoms with van der Waals surface area (Å²) in [6.07, 6.45) is 0. The third-order valence-corrected chi connectivity index (χ3v) is 5.49. The number of rotatable bonds is 4. The summed E-state index contributed by atoms with van der Waals surface area (Å²) in [5.41, 5.74) is -0.780. The quantitative estimate of drug-likeness (QED) is 0.415. The summed E-state index contributed by atoms with van der Waals surface area (Å²) in [5.74, 6) is -5.42. The SMILES string of the molecule is O=Ic1c(F)cc(F)cc1C(=O)O.O=Ic1ccc(F)cc1C(=O)O. The van der Waals surface area contributed by atoms with Crippen molar-refractivity contribution in [3.05, 3.63) is 66.1 Å². The molecule has 0 amide bonds. The van der Waals surface area contributed by atoms with Gasteiger partial charge in [0, 0.05) is 6.07 Å². The molecule has 2 aromatic rings. The summed E-state index contributed by atoms with van der Waals surface area (Å²) in [7, 11) is 0. The van der Waals surface area contributed by atoms with Gasteiger partial charge in [-0.15, -0.1) is 0 Å². The molecule has 2 rings (SSSR count). The molecule has 25 heavy (non-hydrogen) atoms. The summed E-state index contributed by atoms with van der Waals surface area (Å²) in [4.78, 5) is 20.9. The zero-order valence-corrected chi connectivity index (χ0v) is 16.1. The lowest BCUT2D eigenvalue weighted by molar-refractivity contribution is 0.0684. The maximum Gasteiger partial charge on any atom is 0.337 e. The average molecular weight is 582 g/mol. The Hall–Kier alpha value is -1.77. The van der Waals surface area contributed by atoms with E-state index in [0.29, 0.717) is 12.1 Å². The van der Waals surface area contributed by atoms with Crippen LogP contribution in [0.4, 0.5) is 13.2 Å². The fraction of sp³-hybridized carbons (Fsp3) is 0. The number of carbonyl (C=O) groups is 2. The van der Waals surface area contributed by atoms with Crippen LogP contribution >= 0.6 is 42.4 Å². The zero-order chi connectivity index (χ0) is 19.1. The van der Waals surface area contributed by atoms with Crippen LogP contribution in [0.15, 0.2) is 30.3 Å². The molecule has 0 unspecified atom stereocenters. The molecule has 0 aliphatic heterocycles. The summed E-state index contributed by atoms with van der Waals surface area (Å²) in [5, 5.41) is 17.0. The molecule has 2 N–H and O–H groups in total. The molecule has 0 radical (unpaired) electrons. The minimum Gasteiger partial charge on any atom is -0.478 e. The van der Waals surface area contributed by atoms with E-state index >= 15 is 0 Å². The van der Waals surface area contributed by atoms with Crippen LogP contribution in [0.1, 0.15) is 20.7 Å². The predicted octanol–water partition coefficient (Wildman–Crippen LogP) is 4.16. The highest BCUT2D eigenvalue weighted by Crippen LogP contribution is 2.21. The Bertz CT molecular complexity index is 857. The maximum atomic E-state index is 12.8. The van der Waals surface area contributed by atoms with Crippen LogP contribution in [-0.2, 0) is 6.14 Å². The molecule has 0 fully saturated rings. The third-order valence-electron chi connectivity index (χ3n) is 2.54. The Labute approximate surface area is 159 Å². The van der Waals surface area contributed by atoms with Gasteiger partial charge < -0.3 is 10.2 Å². The molecule has 0 heterocycles. The first-order valence-corrected chi connectivity index (χ1v) is 9.92. The molecule has 0 saturated carbocycles. The van der Waals surface area contributed by atoms with E-state index in [-0.39, 0.29) is 9.13 Å². The van der Waals surface area contributed by atoms with Crippen molar-refractivity contribution in [3.8, 4) is 0 Å². The first kappa shape index (κ1) is 21.3. The van der Waals surface area contributed by atoms with E-state index in [2.05, 4.69) is 0 Å². The fourth-order valence-electron chi connectivity index (χ4n) is 1.52. The van der Waals surface area contributed by atoms with Crippen molar-refractivity contribution in [2.75, 3.05) is 0 Å². The van der Waals surface area contributed by atoms with Crippen molar-refractivity contribution >= 4 is 54.3 Å². The second-order valence-corrected chi connectivity index (χ2v) is 7.26. The van der Waals surface area contributed by atoms with Crippen LogP contribution in [0.3, 0.4) is 0 Å². The lowest BCUT2D eigenvalue weighted by Gasteiger charge is -1.99. The minimum absolute atomic E-state index is 0.210. The zero-order valence-electron chi connectivity index (χ0n) is 11.8. The van der Waals surface area contributed by atoms with Gasteiger partial charge >= 0.3 is 11.9 Å². The van der Waals surface area contributed by atoms with Crippen molar-refractivity contribution in [1.82, 2.24) is 0 Å². The van der Waals surface area contributed by atoms with Crippen molar-refractivity contribution in [3.63, 3.8) is 0 Å². The largest absolute Gasteiger partial charge is 0.478 e. The molecular formula is C14H7F3I2O6. The highest BCUT2D eigenvalue weighted by molar-refractivity contribution is 14.2. The van der Waals surface area contributed by atoms with Crippen molar-refractivity contribution in [2.45, 2.75) is 0 Å². The van der Waals surface area contributed by atoms with Crippen LogP contribution in [0.25, 0.3) is 0 Å². The van der Waals surface area contributed by atoms with Gasteiger partial charge in [0.1, 0.15) is 17.5 Å². The van der Waals surface area contributed by atoms with Gasteiger partial charge in [-0.3, -0.25) is 6.14 Å². The van der Waals surface area contributed by atoms with Crippen molar-refractivity contribution in [2.24, 2.45) is 0 Å². The van der Waals surface area contributed by atoms with Crippen LogP contribution in [0.5, 0.6) is 0 Å². The summed E-state index contributed by atoms with van der Waals surface area (Å²) >= 11 is -3.51. The van der Waals surface area contributed by atoms with Crippen molar-refractivity contribution in [1.29, 1.82) is 0 Å². The smallest absolute Gasteiger partial charge is 0.337 e. The standard InChI is InChI=1S/C7H3F2IO3.C7H4FIO3/c8-3-1-4(7(11)12)6(10-13)5(9)2-3;8-4-1-2-6(9-12)5(3-4)7(10)11/h1-2H,(H,11,12);1-3H,(H,10,11). The van der Waals surface area contributed by atoms with Crippen LogP contribution in [0.2, 0.25) is 0 Å². The molecule has 0 aromatic heterocycles. The van der Waals surface area contributed by atoms with E-state index in [9.17, 15) is 28.9 Å². The Morgan fingerprint density at radius 1 is 0.800 bits per heavy atom. The van der Waals surface area contributed by atoms with Crippen LogP contribution in [-0.4, -0.2) is 22.2 Å². The Morgan fingerprint density at radius 2 is 1.36 bits per heavy atom. The molecule has 0 bridgehead atoms. The fourth-order valence-corrected chi connectivity index (χ4v) is 3.46. The summed E-state index contributed by atoms with van der Waals surface area (Å²) < 4.78 is 58.6. The maximum absolute atomic E-state index is 12.8. The van der Waals surface area contributed by atoms with Gasteiger partial charge in [-0.2, -0.15) is 0 Å². The van der Waals surface area contributed by atoms with E-state index in [1.165, 1.54) is 6.07 Å². The van der Waals surface area contributed by atoms with Gasteiger partial charge in [0.25, 0.3) is 0 Å². The molecule has 6 nitrogen and oxygen atoms in total. The van der Waals surface area contributed by atoms with Gasteiger partial charge in [0.2, 0.25) is 0 Å². The molecule has 0 saturated heterocycles. The number of benzene rings is 2. The van der Waals surface area contributed by atoms with Crippen LogP contribution < -0.4 is 0 Å². The molecule has 0 aliphatic carbocycles. The molecule has 11 heteroatoms. The van der Waals surface area contributed by atoms with Gasteiger partial charge in [-0.25, -0.2) is 22.8 Å². The minimum atomic E-state index is -1.95. The predicted molar refractivity (Wildman–Crippen MR) is 93.5 cm³/mol. The topological polar surface area (TPSA) is 109 Å². The Morgan fingerprint density at radius 3 is 1.84 bits per heavy atom. The normalized spacial score (nSPS) is 9.88. The third kappa shape index (κ3) is 5.91. The number of aromatic carboxylic acids is 2. The molecule has 0 atom stereocenters. The number of halogens is 5. The van der Waals surface area contributed by atoms with Crippen LogP contribution in [0, 0.1) is 24.6 Å². The highest BCUT2D eigenvalue weighted by Gasteiger charge is 2.16.